The van der Waals surface area contributed by atoms with E-state index in [-0.39, 0.29) is 5.97 Å². The molecule has 0 saturated carbocycles. The van der Waals surface area contributed by atoms with Crippen LogP contribution in [-0.4, -0.2) is 110 Å². The maximum absolute atomic E-state index is 11.6. The summed E-state index contributed by atoms with van der Waals surface area (Å²) in [6, 6.07) is 0. The van der Waals surface area contributed by atoms with Gasteiger partial charge < -0.3 is 37.9 Å². The summed E-state index contributed by atoms with van der Waals surface area (Å²) < 4.78 is 42.9. The molecule has 34 heavy (non-hydrogen) atoms. The average Bonchev–Trinajstić information content (AvgIpc) is 2.84. The standard InChI is InChI=1S/C24H47BrO9/c1-2-3-4-5-6-7-24(26)34-23-22-33-21-20-32-19-18-31-17-16-30-15-14-29-13-12-28-11-10-27-9-8-25/h2-23H2,1H3. The van der Waals surface area contributed by atoms with Crippen LogP contribution in [0.4, 0.5) is 0 Å². The maximum Gasteiger partial charge on any atom is 0.305 e. The third kappa shape index (κ3) is 29.7. The number of ether oxygens (including phenoxy) is 8. The summed E-state index contributed by atoms with van der Waals surface area (Å²) in [5.41, 5.74) is 0. The molecule has 0 fully saturated rings. The normalized spacial score (nSPS) is 11.2. The summed E-state index contributed by atoms with van der Waals surface area (Å²) in [7, 11) is 0. The van der Waals surface area contributed by atoms with Gasteiger partial charge in [-0.3, -0.25) is 4.79 Å². The van der Waals surface area contributed by atoms with Crippen LogP contribution < -0.4 is 0 Å². The molecule has 0 bridgehead atoms. The van der Waals surface area contributed by atoms with Gasteiger partial charge in [-0.05, 0) is 6.42 Å². The molecule has 0 radical (unpaired) electrons. The Morgan fingerprint density at radius 2 is 0.853 bits per heavy atom. The zero-order chi connectivity index (χ0) is 24.8. The fourth-order valence-corrected chi connectivity index (χ4v) is 2.86. The monoisotopic (exact) mass is 558 g/mol. The van der Waals surface area contributed by atoms with Crippen LogP contribution in [0.2, 0.25) is 0 Å². The predicted octanol–water partition coefficient (Wildman–Crippen LogP) is 3.40. The third-order valence-electron chi connectivity index (χ3n) is 4.43. The summed E-state index contributed by atoms with van der Waals surface area (Å²) in [5, 5.41) is 0.839. The van der Waals surface area contributed by atoms with Gasteiger partial charge in [-0.15, -0.1) is 0 Å². The first-order valence-corrected chi connectivity index (χ1v) is 13.7. The molecule has 0 saturated heterocycles. The fourth-order valence-electron chi connectivity index (χ4n) is 2.64. The molecule has 0 spiro atoms. The Balaban J connectivity index is 3.08. The predicted molar refractivity (Wildman–Crippen MR) is 134 cm³/mol. The number of hydrogen-bond donors (Lipinski definition) is 0. The van der Waals surface area contributed by atoms with Crippen molar-refractivity contribution in [1.82, 2.24) is 0 Å². The lowest BCUT2D eigenvalue weighted by Gasteiger charge is -2.08. The van der Waals surface area contributed by atoms with Gasteiger partial charge in [-0.1, -0.05) is 48.5 Å². The van der Waals surface area contributed by atoms with Gasteiger partial charge in [0.25, 0.3) is 0 Å². The van der Waals surface area contributed by atoms with Crippen LogP contribution in [0.15, 0.2) is 0 Å². The van der Waals surface area contributed by atoms with Crippen molar-refractivity contribution in [3.05, 3.63) is 0 Å². The highest BCUT2D eigenvalue weighted by Crippen LogP contribution is 2.05. The lowest BCUT2D eigenvalue weighted by atomic mass is 10.1. The Morgan fingerprint density at radius 1 is 0.500 bits per heavy atom. The van der Waals surface area contributed by atoms with Crippen molar-refractivity contribution in [3.8, 4) is 0 Å². The number of carbonyl (C=O) groups excluding carboxylic acids is 1. The van der Waals surface area contributed by atoms with E-state index in [9.17, 15) is 4.79 Å². The molecule has 0 aromatic rings. The Morgan fingerprint density at radius 3 is 1.24 bits per heavy atom. The van der Waals surface area contributed by atoms with Crippen LogP contribution in [0.1, 0.15) is 45.4 Å². The number of rotatable bonds is 29. The van der Waals surface area contributed by atoms with E-state index in [1.807, 2.05) is 0 Å². The molecule has 0 aliphatic rings. The van der Waals surface area contributed by atoms with Crippen molar-refractivity contribution in [1.29, 1.82) is 0 Å². The second-order valence-corrected chi connectivity index (χ2v) is 8.15. The lowest BCUT2D eigenvalue weighted by molar-refractivity contribution is -0.145. The molecule has 0 heterocycles. The van der Waals surface area contributed by atoms with Crippen molar-refractivity contribution in [2.45, 2.75) is 45.4 Å². The van der Waals surface area contributed by atoms with Crippen molar-refractivity contribution < 1.29 is 42.7 Å². The van der Waals surface area contributed by atoms with Crippen LogP contribution in [0.25, 0.3) is 0 Å². The van der Waals surface area contributed by atoms with Crippen molar-refractivity contribution in [2.75, 3.05) is 104 Å². The summed E-state index contributed by atoms with van der Waals surface area (Å²) in [6.07, 6.45) is 6.12. The Labute approximate surface area is 214 Å². The Hall–Kier alpha value is -0.330. The van der Waals surface area contributed by atoms with Gasteiger partial charge in [-0.2, -0.15) is 0 Å². The molecule has 0 aliphatic heterocycles. The minimum atomic E-state index is -0.141. The van der Waals surface area contributed by atoms with Crippen LogP contribution in [0.5, 0.6) is 0 Å². The molecule has 0 aliphatic carbocycles. The third-order valence-corrected chi connectivity index (χ3v) is 4.75. The van der Waals surface area contributed by atoms with Gasteiger partial charge in [0.2, 0.25) is 0 Å². The van der Waals surface area contributed by atoms with Gasteiger partial charge in [0.05, 0.1) is 92.5 Å². The molecule has 10 heteroatoms. The van der Waals surface area contributed by atoms with E-state index in [0.717, 1.165) is 18.2 Å². The molecule has 0 N–H and O–H groups in total. The zero-order valence-corrected chi connectivity index (χ0v) is 22.7. The number of hydrogen-bond acceptors (Lipinski definition) is 9. The van der Waals surface area contributed by atoms with Crippen LogP contribution >= 0.6 is 15.9 Å². The highest BCUT2D eigenvalue weighted by molar-refractivity contribution is 9.09. The SMILES string of the molecule is CCCCCCCC(=O)OCCOCCOCCOCCOCCOCCOCCOCCBr. The van der Waals surface area contributed by atoms with Gasteiger partial charge >= 0.3 is 5.97 Å². The van der Waals surface area contributed by atoms with Gasteiger partial charge in [0, 0.05) is 11.8 Å². The molecule has 9 nitrogen and oxygen atoms in total. The Kier molecular flexibility index (Phi) is 30.4. The number of esters is 1. The molecule has 0 atom stereocenters. The Bertz CT molecular complexity index is 403. The summed E-state index contributed by atoms with van der Waals surface area (Å²) in [5.74, 6) is -0.141. The first-order chi connectivity index (χ1) is 16.8. The van der Waals surface area contributed by atoms with Crippen LogP contribution in [0.3, 0.4) is 0 Å². The molecule has 0 amide bonds. The topological polar surface area (TPSA) is 90.9 Å². The highest BCUT2D eigenvalue weighted by atomic mass is 79.9. The summed E-state index contributed by atoms with van der Waals surface area (Å²) >= 11 is 3.29. The van der Waals surface area contributed by atoms with Crippen LogP contribution in [-0.2, 0) is 42.7 Å². The number of alkyl halides is 1. The van der Waals surface area contributed by atoms with E-state index in [4.69, 9.17) is 37.9 Å². The fraction of sp³-hybridized carbons (Fsp3) is 0.958. The van der Waals surface area contributed by atoms with Crippen molar-refractivity contribution in [3.63, 3.8) is 0 Å². The summed E-state index contributed by atoms with van der Waals surface area (Å²) in [6.45, 7) is 9.89. The number of carbonyl (C=O) groups is 1. The number of unbranched alkanes of at least 4 members (excludes halogenated alkanes) is 4. The summed E-state index contributed by atoms with van der Waals surface area (Å²) in [4.78, 5) is 11.6. The van der Waals surface area contributed by atoms with E-state index < -0.39 is 0 Å². The second kappa shape index (κ2) is 30.7. The van der Waals surface area contributed by atoms with Crippen molar-refractivity contribution >= 4 is 21.9 Å². The molecule has 0 aromatic carbocycles. The van der Waals surface area contributed by atoms with Gasteiger partial charge in [0.1, 0.15) is 6.61 Å². The van der Waals surface area contributed by atoms with E-state index in [1.54, 1.807) is 0 Å². The average molecular weight is 560 g/mol. The quantitative estimate of drug-likeness (QED) is 0.0777. The van der Waals surface area contributed by atoms with Crippen LogP contribution in [0, 0.1) is 0 Å². The highest BCUT2D eigenvalue weighted by Gasteiger charge is 2.02. The van der Waals surface area contributed by atoms with Gasteiger partial charge in [0.15, 0.2) is 0 Å². The lowest BCUT2D eigenvalue weighted by Crippen LogP contribution is -2.15. The van der Waals surface area contributed by atoms with E-state index in [2.05, 4.69) is 22.9 Å². The van der Waals surface area contributed by atoms with E-state index >= 15 is 0 Å². The molecule has 204 valence electrons. The maximum atomic E-state index is 11.6. The zero-order valence-electron chi connectivity index (χ0n) is 21.1. The number of halogens is 1. The first-order valence-electron chi connectivity index (χ1n) is 12.6. The van der Waals surface area contributed by atoms with E-state index in [0.29, 0.717) is 106 Å². The minimum Gasteiger partial charge on any atom is -0.463 e. The smallest absolute Gasteiger partial charge is 0.305 e. The second-order valence-electron chi connectivity index (χ2n) is 7.36. The minimum absolute atomic E-state index is 0.141. The molecule has 0 rings (SSSR count). The molecule has 0 aromatic heterocycles. The van der Waals surface area contributed by atoms with E-state index in [1.165, 1.54) is 19.3 Å². The first kappa shape index (κ1) is 33.7. The largest absolute Gasteiger partial charge is 0.463 e. The molecular formula is C24H47BrO9. The molecule has 0 unspecified atom stereocenters. The van der Waals surface area contributed by atoms with Gasteiger partial charge in [-0.25, -0.2) is 0 Å². The van der Waals surface area contributed by atoms with Crippen molar-refractivity contribution in [2.24, 2.45) is 0 Å². The molecular weight excluding hydrogens is 512 g/mol.